The quantitative estimate of drug-likeness (QED) is 0.602. The van der Waals surface area contributed by atoms with Crippen LogP contribution >= 0.6 is 0 Å². The molecule has 0 aromatic heterocycles. The van der Waals surface area contributed by atoms with Crippen LogP contribution in [0.1, 0.15) is 31.9 Å². The van der Waals surface area contributed by atoms with Gasteiger partial charge in [-0.25, -0.2) is 0 Å². The molecule has 0 saturated carbocycles. The predicted octanol–water partition coefficient (Wildman–Crippen LogP) is 4.36. The standard InChI is InChI=1S/C14H18/c1-10(2)12(4)13(5)14-9-7-6-8-11(14)3/h6-9H,5H2,1-4H3. The van der Waals surface area contributed by atoms with E-state index < -0.39 is 0 Å². The summed E-state index contributed by atoms with van der Waals surface area (Å²) in [6.07, 6.45) is 0. The Kier molecular flexibility index (Phi) is 3.29. The molecule has 0 aliphatic carbocycles. The molecule has 0 fully saturated rings. The fraction of sp³-hybridized carbons (Fsp3) is 0.286. The van der Waals surface area contributed by atoms with Crippen molar-refractivity contribution in [2.24, 2.45) is 0 Å². The highest BCUT2D eigenvalue weighted by Gasteiger charge is 2.04. The van der Waals surface area contributed by atoms with Crippen molar-refractivity contribution in [3.05, 3.63) is 53.1 Å². The summed E-state index contributed by atoms with van der Waals surface area (Å²) >= 11 is 0. The van der Waals surface area contributed by atoms with Gasteiger partial charge in [0.25, 0.3) is 0 Å². The Bertz CT molecular complexity index is 377. The van der Waals surface area contributed by atoms with Gasteiger partial charge >= 0.3 is 0 Å². The Hall–Kier alpha value is -1.30. The number of hydrogen-bond acceptors (Lipinski definition) is 0. The summed E-state index contributed by atoms with van der Waals surface area (Å²) in [5.74, 6) is 0. The van der Waals surface area contributed by atoms with Crippen LogP contribution in [0, 0.1) is 6.92 Å². The fourth-order valence-electron chi connectivity index (χ4n) is 1.42. The predicted molar refractivity (Wildman–Crippen MR) is 64.3 cm³/mol. The highest BCUT2D eigenvalue weighted by atomic mass is 14.1. The van der Waals surface area contributed by atoms with Crippen LogP contribution in [0.2, 0.25) is 0 Å². The van der Waals surface area contributed by atoms with Crippen LogP contribution in [0.15, 0.2) is 42.0 Å². The molecular formula is C14H18. The minimum absolute atomic E-state index is 1.14. The van der Waals surface area contributed by atoms with E-state index >= 15 is 0 Å². The molecular weight excluding hydrogens is 168 g/mol. The van der Waals surface area contributed by atoms with E-state index in [2.05, 4.69) is 58.5 Å². The first-order valence-corrected chi connectivity index (χ1v) is 4.93. The lowest BCUT2D eigenvalue weighted by atomic mass is 9.94. The molecule has 0 N–H and O–H groups in total. The monoisotopic (exact) mass is 186 g/mol. The van der Waals surface area contributed by atoms with Crippen LogP contribution < -0.4 is 0 Å². The summed E-state index contributed by atoms with van der Waals surface area (Å²) in [6.45, 7) is 12.6. The Morgan fingerprint density at radius 2 is 1.64 bits per heavy atom. The summed E-state index contributed by atoms with van der Waals surface area (Å²) in [4.78, 5) is 0. The molecule has 1 aromatic carbocycles. The van der Waals surface area contributed by atoms with E-state index in [-0.39, 0.29) is 0 Å². The van der Waals surface area contributed by atoms with Crippen LogP contribution in [0.25, 0.3) is 5.57 Å². The van der Waals surface area contributed by atoms with Crippen LogP contribution in [0.5, 0.6) is 0 Å². The van der Waals surface area contributed by atoms with Crippen LogP contribution in [-0.2, 0) is 0 Å². The average molecular weight is 186 g/mol. The van der Waals surface area contributed by atoms with Gasteiger partial charge in [0.2, 0.25) is 0 Å². The zero-order valence-electron chi connectivity index (χ0n) is 9.52. The molecule has 0 atom stereocenters. The number of hydrogen-bond donors (Lipinski definition) is 0. The summed E-state index contributed by atoms with van der Waals surface area (Å²) in [5.41, 5.74) is 6.31. The van der Waals surface area contributed by atoms with Crippen molar-refractivity contribution in [3.63, 3.8) is 0 Å². The first-order valence-electron chi connectivity index (χ1n) is 4.93. The molecule has 74 valence electrons. The molecule has 0 heteroatoms. The van der Waals surface area contributed by atoms with Crippen LogP contribution in [0.4, 0.5) is 0 Å². The van der Waals surface area contributed by atoms with Crippen LogP contribution in [-0.4, -0.2) is 0 Å². The van der Waals surface area contributed by atoms with Gasteiger partial charge in [-0.15, -0.1) is 0 Å². The van der Waals surface area contributed by atoms with Crippen molar-refractivity contribution in [2.45, 2.75) is 27.7 Å². The van der Waals surface area contributed by atoms with Gasteiger partial charge in [0.15, 0.2) is 0 Å². The van der Waals surface area contributed by atoms with Gasteiger partial charge < -0.3 is 0 Å². The first kappa shape index (κ1) is 10.8. The van der Waals surface area contributed by atoms with Gasteiger partial charge in [-0.2, -0.15) is 0 Å². The molecule has 0 bridgehead atoms. The smallest absolute Gasteiger partial charge is 0.0158 e. The molecule has 0 spiro atoms. The normalized spacial score (nSPS) is 9.71. The van der Waals surface area contributed by atoms with E-state index in [1.54, 1.807) is 0 Å². The lowest BCUT2D eigenvalue weighted by Gasteiger charge is -2.11. The molecule has 0 aliphatic rings. The first-order chi connectivity index (χ1) is 6.54. The Balaban J connectivity index is 3.15. The van der Waals surface area contributed by atoms with Gasteiger partial charge in [-0.1, -0.05) is 36.4 Å². The molecule has 0 nitrogen and oxygen atoms in total. The minimum Gasteiger partial charge on any atom is -0.0909 e. The number of rotatable bonds is 2. The van der Waals surface area contributed by atoms with Gasteiger partial charge in [0.05, 0.1) is 0 Å². The van der Waals surface area contributed by atoms with Gasteiger partial charge in [-0.3, -0.25) is 0 Å². The van der Waals surface area contributed by atoms with Gasteiger partial charge in [-0.05, 0) is 50.0 Å². The molecule has 0 amide bonds. The third-order valence-electron chi connectivity index (χ3n) is 2.67. The second-order valence-corrected chi connectivity index (χ2v) is 3.92. The summed E-state index contributed by atoms with van der Waals surface area (Å²) in [7, 11) is 0. The maximum atomic E-state index is 4.15. The molecule has 14 heavy (non-hydrogen) atoms. The second kappa shape index (κ2) is 4.28. The van der Waals surface area contributed by atoms with E-state index in [0.29, 0.717) is 0 Å². The average Bonchev–Trinajstić information content (AvgIpc) is 2.16. The molecule has 1 rings (SSSR count). The minimum atomic E-state index is 1.14. The lowest BCUT2D eigenvalue weighted by molar-refractivity contribution is 1.29. The zero-order chi connectivity index (χ0) is 10.7. The van der Waals surface area contributed by atoms with Crippen molar-refractivity contribution in [3.8, 4) is 0 Å². The Labute approximate surface area is 87.0 Å². The van der Waals surface area contributed by atoms with Crippen molar-refractivity contribution in [1.29, 1.82) is 0 Å². The van der Waals surface area contributed by atoms with Gasteiger partial charge in [0.1, 0.15) is 0 Å². The molecule has 0 saturated heterocycles. The summed E-state index contributed by atoms with van der Waals surface area (Å²) in [5, 5.41) is 0. The van der Waals surface area contributed by atoms with E-state index in [1.165, 1.54) is 22.3 Å². The van der Waals surface area contributed by atoms with Crippen molar-refractivity contribution >= 4 is 5.57 Å². The van der Waals surface area contributed by atoms with E-state index in [4.69, 9.17) is 0 Å². The van der Waals surface area contributed by atoms with Crippen molar-refractivity contribution in [2.75, 3.05) is 0 Å². The van der Waals surface area contributed by atoms with Crippen LogP contribution in [0.3, 0.4) is 0 Å². The SMILES string of the molecule is C=C(C(C)=C(C)C)c1ccccc1C. The fourth-order valence-corrected chi connectivity index (χ4v) is 1.42. The molecule has 1 aromatic rings. The number of benzene rings is 1. The van der Waals surface area contributed by atoms with E-state index in [1.807, 2.05) is 0 Å². The van der Waals surface area contributed by atoms with Crippen molar-refractivity contribution in [1.82, 2.24) is 0 Å². The number of aryl methyl sites for hydroxylation is 1. The summed E-state index contributed by atoms with van der Waals surface area (Å²) < 4.78 is 0. The highest BCUT2D eigenvalue weighted by molar-refractivity contribution is 5.78. The zero-order valence-corrected chi connectivity index (χ0v) is 9.52. The molecule has 0 unspecified atom stereocenters. The largest absolute Gasteiger partial charge is 0.0909 e. The Morgan fingerprint density at radius 1 is 1.07 bits per heavy atom. The van der Waals surface area contributed by atoms with Crippen molar-refractivity contribution < 1.29 is 0 Å². The highest BCUT2D eigenvalue weighted by Crippen LogP contribution is 2.25. The third kappa shape index (κ3) is 2.14. The molecule has 0 radical (unpaired) electrons. The lowest BCUT2D eigenvalue weighted by Crippen LogP contribution is -1.90. The van der Waals surface area contributed by atoms with Gasteiger partial charge in [0, 0.05) is 0 Å². The molecule has 0 aliphatic heterocycles. The maximum absolute atomic E-state index is 4.15. The third-order valence-corrected chi connectivity index (χ3v) is 2.67. The van der Waals surface area contributed by atoms with E-state index in [9.17, 15) is 0 Å². The number of allylic oxidation sites excluding steroid dienone is 3. The van der Waals surface area contributed by atoms with E-state index in [0.717, 1.165) is 5.57 Å². The maximum Gasteiger partial charge on any atom is -0.0158 e. The molecule has 0 heterocycles. The second-order valence-electron chi connectivity index (χ2n) is 3.92. The summed E-state index contributed by atoms with van der Waals surface area (Å²) in [6, 6.07) is 8.37. The Morgan fingerprint density at radius 3 is 2.14 bits per heavy atom. The topological polar surface area (TPSA) is 0 Å².